The smallest absolute Gasteiger partial charge is 0.321 e. The molecule has 13 heavy (non-hydrogen) atoms. The molecule has 0 bridgehead atoms. The first-order chi connectivity index (χ1) is 6.07. The third kappa shape index (κ3) is 6.51. The topological polar surface area (TPSA) is 84.6 Å². The number of carboxylic acids is 1. The molecule has 0 amide bonds. The molecule has 0 aromatic heterocycles. The van der Waals surface area contributed by atoms with Gasteiger partial charge in [-0.05, 0) is 13.8 Å². The van der Waals surface area contributed by atoms with E-state index in [1.165, 1.54) is 0 Å². The highest BCUT2D eigenvalue weighted by Gasteiger charge is 2.11. The third-order valence-electron chi connectivity index (χ3n) is 1.58. The van der Waals surface area contributed by atoms with Crippen molar-refractivity contribution in [2.75, 3.05) is 19.8 Å². The van der Waals surface area contributed by atoms with Gasteiger partial charge in [-0.15, -0.1) is 0 Å². The molecule has 4 N–H and O–H groups in total. The van der Waals surface area contributed by atoms with E-state index in [0.29, 0.717) is 13.2 Å². The van der Waals surface area contributed by atoms with Crippen molar-refractivity contribution < 1.29 is 14.6 Å². The summed E-state index contributed by atoms with van der Waals surface area (Å²) in [5.41, 5.74) is 5.29. The van der Waals surface area contributed by atoms with Gasteiger partial charge in [-0.3, -0.25) is 4.79 Å². The number of rotatable bonds is 7. The maximum absolute atomic E-state index is 10.3. The Labute approximate surface area is 78.3 Å². The summed E-state index contributed by atoms with van der Waals surface area (Å²) >= 11 is 0. The van der Waals surface area contributed by atoms with E-state index in [0.717, 1.165) is 0 Å². The van der Waals surface area contributed by atoms with E-state index < -0.39 is 12.0 Å². The molecule has 0 aliphatic carbocycles. The Balaban J connectivity index is 3.45. The fourth-order valence-electron chi connectivity index (χ4n) is 0.769. The van der Waals surface area contributed by atoms with Gasteiger partial charge in [0.25, 0.3) is 0 Å². The van der Waals surface area contributed by atoms with E-state index in [4.69, 9.17) is 15.6 Å². The lowest BCUT2D eigenvalue weighted by Crippen LogP contribution is -2.44. The second-order valence-corrected chi connectivity index (χ2v) is 2.91. The van der Waals surface area contributed by atoms with Crippen LogP contribution in [0, 0.1) is 0 Å². The van der Waals surface area contributed by atoms with Gasteiger partial charge < -0.3 is 20.9 Å². The van der Waals surface area contributed by atoms with Crippen molar-refractivity contribution in [2.45, 2.75) is 25.9 Å². The van der Waals surface area contributed by atoms with Crippen LogP contribution in [0.5, 0.6) is 0 Å². The number of aliphatic carboxylic acids is 1. The first-order valence-corrected chi connectivity index (χ1v) is 4.37. The summed E-state index contributed by atoms with van der Waals surface area (Å²) in [7, 11) is 0. The maximum Gasteiger partial charge on any atom is 0.321 e. The maximum atomic E-state index is 10.3. The van der Waals surface area contributed by atoms with Gasteiger partial charge in [-0.2, -0.15) is 0 Å². The van der Waals surface area contributed by atoms with Crippen LogP contribution in [0.4, 0.5) is 0 Å². The van der Waals surface area contributed by atoms with Gasteiger partial charge in [0, 0.05) is 19.2 Å². The summed E-state index contributed by atoms with van der Waals surface area (Å²) in [6.07, 6.45) is 0. The quantitative estimate of drug-likeness (QED) is 0.500. The molecule has 0 saturated heterocycles. The molecule has 5 nitrogen and oxygen atoms in total. The summed E-state index contributed by atoms with van der Waals surface area (Å²) in [4.78, 5) is 10.3. The van der Waals surface area contributed by atoms with Crippen LogP contribution in [0.15, 0.2) is 0 Å². The van der Waals surface area contributed by atoms with Crippen molar-refractivity contribution in [1.82, 2.24) is 5.32 Å². The molecule has 0 heterocycles. The van der Waals surface area contributed by atoms with E-state index in [1.54, 1.807) is 0 Å². The molecule has 78 valence electrons. The Morgan fingerprint density at radius 1 is 1.69 bits per heavy atom. The molecule has 0 aromatic rings. The van der Waals surface area contributed by atoms with Crippen LogP contribution in [0.3, 0.4) is 0 Å². The summed E-state index contributed by atoms with van der Waals surface area (Å²) < 4.78 is 5.14. The average molecular weight is 190 g/mol. The standard InChI is InChI=1S/C8H18N2O3/c1-3-13-5-6(2)10-4-7(9)8(11)12/h6-7,10H,3-5,9H2,1-2H3,(H,11,12). The van der Waals surface area contributed by atoms with Gasteiger partial charge in [0.15, 0.2) is 0 Å². The summed E-state index contributed by atoms with van der Waals surface area (Å²) in [5, 5.41) is 11.4. The van der Waals surface area contributed by atoms with E-state index in [-0.39, 0.29) is 12.6 Å². The number of carboxylic acid groups (broad SMARTS) is 1. The molecular weight excluding hydrogens is 172 g/mol. The molecule has 0 spiro atoms. The lowest BCUT2D eigenvalue weighted by atomic mass is 10.3. The molecule has 0 aliphatic rings. The van der Waals surface area contributed by atoms with E-state index >= 15 is 0 Å². The van der Waals surface area contributed by atoms with Crippen molar-refractivity contribution >= 4 is 5.97 Å². The van der Waals surface area contributed by atoms with Gasteiger partial charge >= 0.3 is 5.97 Å². The molecule has 0 fully saturated rings. The lowest BCUT2D eigenvalue weighted by Gasteiger charge is -2.15. The minimum Gasteiger partial charge on any atom is -0.480 e. The Hall–Kier alpha value is -0.650. The molecule has 0 rings (SSSR count). The van der Waals surface area contributed by atoms with Gasteiger partial charge in [-0.25, -0.2) is 0 Å². The highest BCUT2D eigenvalue weighted by molar-refractivity contribution is 5.73. The summed E-state index contributed by atoms with van der Waals surface area (Å²) in [6, 6.07) is -0.713. The van der Waals surface area contributed by atoms with E-state index in [2.05, 4.69) is 5.32 Å². The van der Waals surface area contributed by atoms with Crippen LogP contribution < -0.4 is 11.1 Å². The molecule has 2 atom stereocenters. The number of hydrogen-bond acceptors (Lipinski definition) is 4. The number of ether oxygens (including phenoxy) is 1. The van der Waals surface area contributed by atoms with Crippen molar-refractivity contribution in [2.24, 2.45) is 5.73 Å². The van der Waals surface area contributed by atoms with Crippen LogP contribution in [0.2, 0.25) is 0 Å². The zero-order chi connectivity index (χ0) is 10.3. The van der Waals surface area contributed by atoms with Crippen LogP contribution in [-0.2, 0) is 9.53 Å². The Bertz CT molecular complexity index is 152. The van der Waals surface area contributed by atoms with Crippen molar-refractivity contribution in [3.8, 4) is 0 Å². The molecule has 0 aromatic carbocycles. The summed E-state index contributed by atoms with van der Waals surface area (Å²) in [5.74, 6) is -0.990. The van der Waals surface area contributed by atoms with Crippen LogP contribution in [0.25, 0.3) is 0 Å². The Kier molecular flexibility index (Phi) is 6.48. The van der Waals surface area contributed by atoms with Crippen molar-refractivity contribution in [1.29, 1.82) is 0 Å². The van der Waals surface area contributed by atoms with E-state index in [9.17, 15) is 4.79 Å². The lowest BCUT2D eigenvalue weighted by molar-refractivity contribution is -0.138. The third-order valence-corrected chi connectivity index (χ3v) is 1.58. The van der Waals surface area contributed by atoms with Gasteiger partial charge in [0.2, 0.25) is 0 Å². The van der Waals surface area contributed by atoms with Gasteiger partial charge in [0.05, 0.1) is 6.61 Å². The minimum absolute atomic E-state index is 0.130. The number of hydrogen-bond donors (Lipinski definition) is 3. The predicted molar refractivity (Wildman–Crippen MR) is 49.6 cm³/mol. The Morgan fingerprint density at radius 2 is 2.31 bits per heavy atom. The fraction of sp³-hybridized carbons (Fsp3) is 0.875. The normalized spacial score (nSPS) is 15.3. The first kappa shape index (κ1) is 12.3. The molecule has 0 aliphatic heterocycles. The van der Waals surface area contributed by atoms with Crippen molar-refractivity contribution in [3.05, 3.63) is 0 Å². The zero-order valence-electron chi connectivity index (χ0n) is 8.12. The monoisotopic (exact) mass is 190 g/mol. The number of nitrogens with one attached hydrogen (secondary N) is 1. The second kappa shape index (κ2) is 6.82. The Morgan fingerprint density at radius 3 is 2.77 bits per heavy atom. The zero-order valence-corrected chi connectivity index (χ0v) is 8.12. The molecule has 5 heteroatoms. The first-order valence-electron chi connectivity index (χ1n) is 4.37. The average Bonchev–Trinajstić information content (AvgIpc) is 2.10. The van der Waals surface area contributed by atoms with Crippen LogP contribution >= 0.6 is 0 Å². The molecule has 0 saturated carbocycles. The second-order valence-electron chi connectivity index (χ2n) is 2.91. The highest BCUT2D eigenvalue weighted by atomic mass is 16.5. The fourth-order valence-corrected chi connectivity index (χ4v) is 0.769. The molecule has 2 unspecified atom stereocenters. The summed E-state index contributed by atoms with van der Waals surface area (Å²) in [6.45, 7) is 5.34. The predicted octanol–water partition coefficient (Wildman–Crippen LogP) is -0.587. The molecular formula is C8H18N2O3. The number of nitrogens with two attached hydrogens (primary N) is 1. The van der Waals surface area contributed by atoms with Gasteiger partial charge in [0.1, 0.15) is 6.04 Å². The number of carbonyl (C=O) groups is 1. The van der Waals surface area contributed by atoms with E-state index in [1.807, 2.05) is 13.8 Å². The van der Waals surface area contributed by atoms with Crippen LogP contribution in [0.1, 0.15) is 13.8 Å². The highest BCUT2D eigenvalue weighted by Crippen LogP contribution is 1.85. The van der Waals surface area contributed by atoms with Gasteiger partial charge in [-0.1, -0.05) is 0 Å². The minimum atomic E-state index is -0.990. The SMILES string of the molecule is CCOCC(C)NCC(N)C(=O)O. The molecule has 0 radical (unpaired) electrons. The largest absolute Gasteiger partial charge is 0.480 e. The van der Waals surface area contributed by atoms with Crippen molar-refractivity contribution in [3.63, 3.8) is 0 Å². The van der Waals surface area contributed by atoms with Crippen LogP contribution in [-0.4, -0.2) is 42.9 Å².